The Hall–Kier alpha value is -3.63. The second kappa shape index (κ2) is 8.84. The van der Waals surface area contributed by atoms with Crippen molar-refractivity contribution >= 4 is 5.78 Å². The van der Waals surface area contributed by atoms with E-state index >= 15 is 0 Å². The summed E-state index contributed by atoms with van der Waals surface area (Å²) in [6.45, 7) is 1.38. The van der Waals surface area contributed by atoms with Crippen LogP contribution in [0.5, 0.6) is 0 Å². The maximum Gasteiger partial charge on any atom is 0.179 e. The van der Waals surface area contributed by atoms with E-state index in [1.165, 1.54) is 13.0 Å². The Bertz CT molecular complexity index is 1110. The molecule has 0 aliphatic carbocycles. The topological polar surface area (TPSA) is 57.5 Å². The first-order chi connectivity index (χ1) is 13.5. The number of aliphatic hydroxyl groups excluding tert-OH is 1. The van der Waals surface area contributed by atoms with E-state index < -0.39 is 6.29 Å². The first-order valence-electron chi connectivity index (χ1n) is 8.74. The van der Waals surface area contributed by atoms with Gasteiger partial charge >= 0.3 is 0 Å². The van der Waals surface area contributed by atoms with Gasteiger partial charge in [0.25, 0.3) is 0 Å². The van der Waals surface area contributed by atoms with Crippen LogP contribution in [0.3, 0.4) is 0 Å². The van der Waals surface area contributed by atoms with E-state index in [0.29, 0.717) is 11.1 Å². The quantitative estimate of drug-likeness (QED) is 0.413. The molecule has 136 valence electrons. The predicted molar refractivity (Wildman–Crippen MR) is 108 cm³/mol. The van der Waals surface area contributed by atoms with Gasteiger partial charge in [0.15, 0.2) is 12.1 Å². The molecule has 0 saturated carbocycles. The molecule has 0 unspecified atom stereocenters. The van der Waals surface area contributed by atoms with Crippen molar-refractivity contribution < 1.29 is 15.0 Å². The minimum absolute atomic E-state index is 0.120. The molecule has 3 rings (SSSR count). The van der Waals surface area contributed by atoms with Crippen LogP contribution in [0.2, 0.25) is 0 Å². The van der Waals surface area contributed by atoms with Crippen LogP contribution < -0.4 is 0 Å². The maximum atomic E-state index is 12.0. The van der Waals surface area contributed by atoms with Crippen molar-refractivity contribution in [1.29, 1.82) is 0 Å². The summed E-state index contributed by atoms with van der Waals surface area (Å²) in [5, 5.41) is 19.4. The van der Waals surface area contributed by atoms with Crippen LogP contribution in [0.1, 0.15) is 51.4 Å². The van der Waals surface area contributed by atoms with E-state index in [1.54, 1.807) is 6.07 Å². The molecule has 0 fully saturated rings. The Balaban J connectivity index is 2.15. The molecule has 0 aliphatic heterocycles. The molecule has 3 aromatic carbocycles. The Kier molecular flexibility index (Phi) is 6.04. The smallest absolute Gasteiger partial charge is 0.179 e. The van der Waals surface area contributed by atoms with Gasteiger partial charge in [-0.25, -0.2) is 0 Å². The highest BCUT2D eigenvalue weighted by Crippen LogP contribution is 2.22. The third-order valence-corrected chi connectivity index (χ3v) is 4.08. The number of aliphatic hydroxyl groups is 2. The fourth-order valence-electron chi connectivity index (χ4n) is 2.66. The molecule has 0 radical (unpaired) electrons. The average Bonchev–Trinajstić information content (AvgIpc) is 2.71. The highest BCUT2D eigenvalue weighted by atomic mass is 16.5. The summed E-state index contributed by atoms with van der Waals surface area (Å²) in [6, 6.07) is 22.0. The van der Waals surface area contributed by atoms with E-state index in [0.717, 1.165) is 11.1 Å². The Morgan fingerprint density at radius 3 is 1.64 bits per heavy atom. The Labute approximate surface area is 164 Å². The minimum Gasteiger partial charge on any atom is -0.364 e. The second-order valence-corrected chi connectivity index (χ2v) is 6.15. The van der Waals surface area contributed by atoms with Crippen LogP contribution in [0.15, 0.2) is 72.8 Å². The lowest BCUT2D eigenvalue weighted by atomic mass is 9.95. The number of rotatable bonds is 2. The van der Waals surface area contributed by atoms with Crippen molar-refractivity contribution in [2.75, 3.05) is 0 Å². The van der Waals surface area contributed by atoms with Gasteiger partial charge in [-0.05, 0) is 43.3 Å². The van der Waals surface area contributed by atoms with E-state index in [9.17, 15) is 15.0 Å². The zero-order chi connectivity index (χ0) is 19.9. The van der Waals surface area contributed by atoms with Gasteiger partial charge in [0, 0.05) is 33.4 Å². The summed E-state index contributed by atoms with van der Waals surface area (Å²) in [5.74, 6) is 11.9. The lowest BCUT2D eigenvalue weighted by Gasteiger charge is -2.11. The van der Waals surface area contributed by atoms with Crippen molar-refractivity contribution in [3.63, 3.8) is 0 Å². The van der Waals surface area contributed by atoms with Crippen molar-refractivity contribution in [3.8, 4) is 23.7 Å². The largest absolute Gasteiger partial charge is 0.364 e. The summed E-state index contributed by atoms with van der Waals surface area (Å²) in [5.41, 5.74) is 3.08. The molecule has 28 heavy (non-hydrogen) atoms. The van der Waals surface area contributed by atoms with Crippen LogP contribution in [0.25, 0.3) is 0 Å². The van der Waals surface area contributed by atoms with Crippen LogP contribution in [0.4, 0.5) is 0 Å². The van der Waals surface area contributed by atoms with Crippen molar-refractivity contribution in [3.05, 3.63) is 106 Å². The van der Waals surface area contributed by atoms with Crippen molar-refractivity contribution in [2.45, 2.75) is 13.2 Å². The maximum absolute atomic E-state index is 12.0. The third kappa shape index (κ3) is 4.75. The first-order valence-corrected chi connectivity index (χ1v) is 8.74. The van der Waals surface area contributed by atoms with Crippen molar-refractivity contribution in [1.82, 2.24) is 0 Å². The highest BCUT2D eigenvalue weighted by Gasteiger charge is 2.16. The van der Waals surface area contributed by atoms with E-state index in [4.69, 9.17) is 0 Å². The van der Waals surface area contributed by atoms with E-state index in [1.807, 2.05) is 60.7 Å². The summed E-state index contributed by atoms with van der Waals surface area (Å²) in [6.07, 6.45) is -1.77. The number of carbonyl (C=O) groups is 1. The number of ketones is 1. The first kappa shape index (κ1) is 19.1. The van der Waals surface area contributed by atoms with Gasteiger partial charge in [0.2, 0.25) is 0 Å². The van der Waals surface area contributed by atoms with Gasteiger partial charge in [-0.15, -0.1) is 0 Å². The van der Waals surface area contributed by atoms with Crippen molar-refractivity contribution in [2.24, 2.45) is 0 Å². The molecular weight excluding hydrogens is 348 g/mol. The molecule has 0 saturated heterocycles. The highest BCUT2D eigenvalue weighted by molar-refractivity contribution is 5.96. The van der Waals surface area contributed by atoms with Crippen LogP contribution in [-0.4, -0.2) is 16.0 Å². The normalized spacial score (nSPS) is 9.86. The van der Waals surface area contributed by atoms with E-state index in [-0.39, 0.29) is 16.9 Å². The van der Waals surface area contributed by atoms with Gasteiger partial charge in [0.1, 0.15) is 0 Å². The molecule has 3 aromatic rings. The zero-order valence-corrected chi connectivity index (χ0v) is 15.3. The molecule has 3 nitrogen and oxygen atoms in total. The van der Waals surface area contributed by atoms with Crippen LogP contribution >= 0.6 is 0 Å². The fraction of sp³-hybridized carbons (Fsp3) is 0.0800. The number of carbonyl (C=O) groups excluding carboxylic acids is 1. The van der Waals surface area contributed by atoms with Crippen LogP contribution in [-0.2, 0) is 0 Å². The second-order valence-electron chi connectivity index (χ2n) is 6.15. The fourth-order valence-corrected chi connectivity index (χ4v) is 2.66. The molecule has 0 spiro atoms. The molecule has 0 bridgehead atoms. The standard InChI is InChI=1S/C25H18O3/c1-18(26)23-16-21(14-12-19-8-4-2-5-9-19)22(17-24(23)25(27)28)15-13-20-10-6-3-7-11-20/h2-11,16-17,25,27-28H,1H3. The summed E-state index contributed by atoms with van der Waals surface area (Å²) in [7, 11) is 0. The lowest BCUT2D eigenvalue weighted by Crippen LogP contribution is -2.07. The predicted octanol–water partition coefficient (Wildman–Crippen LogP) is 3.67. The molecule has 0 amide bonds. The minimum atomic E-state index is -1.77. The summed E-state index contributed by atoms with van der Waals surface area (Å²) < 4.78 is 0. The number of Topliss-reactive ketones (excluding diaryl/α,β-unsaturated/α-hetero) is 1. The number of benzene rings is 3. The Morgan fingerprint density at radius 2 is 1.21 bits per heavy atom. The summed E-state index contributed by atoms with van der Waals surface area (Å²) >= 11 is 0. The van der Waals surface area contributed by atoms with Gasteiger partial charge in [-0.3, -0.25) is 4.79 Å². The lowest BCUT2D eigenvalue weighted by molar-refractivity contribution is -0.0429. The molecular formula is C25H18O3. The molecule has 2 N–H and O–H groups in total. The van der Waals surface area contributed by atoms with Gasteiger partial charge in [-0.2, -0.15) is 0 Å². The van der Waals surface area contributed by atoms with Gasteiger partial charge in [-0.1, -0.05) is 60.1 Å². The van der Waals surface area contributed by atoms with Crippen LogP contribution in [0, 0.1) is 23.7 Å². The average molecular weight is 366 g/mol. The molecule has 0 atom stereocenters. The number of hydrogen-bond acceptors (Lipinski definition) is 3. The third-order valence-electron chi connectivity index (χ3n) is 4.08. The molecule has 3 heteroatoms. The SMILES string of the molecule is CC(=O)c1cc(C#Cc2ccccc2)c(C#Cc2ccccc2)cc1C(O)O. The van der Waals surface area contributed by atoms with Gasteiger partial charge < -0.3 is 10.2 Å². The monoisotopic (exact) mass is 366 g/mol. The molecule has 0 heterocycles. The molecule has 0 aliphatic rings. The number of hydrogen-bond donors (Lipinski definition) is 2. The van der Waals surface area contributed by atoms with E-state index in [2.05, 4.69) is 23.7 Å². The van der Waals surface area contributed by atoms with Gasteiger partial charge in [0.05, 0.1) is 0 Å². The summed E-state index contributed by atoms with van der Waals surface area (Å²) in [4.78, 5) is 12.0. The molecule has 0 aromatic heterocycles. The zero-order valence-electron chi connectivity index (χ0n) is 15.3. The Morgan fingerprint density at radius 1 is 0.750 bits per heavy atom.